The summed E-state index contributed by atoms with van der Waals surface area (Å²) < 4.78 is 5.42. The number of pyridine rings is 1. The van der Waals surface area contributed by atoms with Crippen LogP contribution in [0.2, 0.25) is 0 Å². The van der Waals surface area contributed by atoms with Crippen LogP contribution in [0.3, 0.4) is 0 Å². The van der Waals surface area contributed by atoms with Crippen molar-refractivity contribution in [3.05, 3.63) is 23.4 Å². The van der Waals surface area contributed by atoms with E-state index >= 15 is 0 Å². The highest BCUT2D eigenvalue weighted by Crippen LogP contribution is 2.21. The molecule has 3 rings (SSSR count). The zero-order valence-electron chi connectivity index (χ0n) is 10.0. The number of nitrogens with zero attached hydrogens (tertiary/aromatic N) is 1. The third kappa shape index (κ3) is 2.58. The van der Waals surface area contributed by atoms with E-state index in [9.17, 15) is 0 Å². The predicted molar refractivity (Wildman–Crippen MR) is 67.4 cm³/mol. The lowest BCUT2D eigenvalue weighted by molar-refractivity contribution is 0.0806. The van der Waals surface area contributed by atoms with Crippen LogP contribution in [0.25, 0.3) is 0 Å². The molecule has 2 heterocycles. The van der Waals surface area contributed by atoms with Gasteiger partial charge in [0.2, 0.25) is 0 Å². The van der Waals surface area contributed by atoms with E-state index in [4.69, 9.17) is 4.74 Å². The van der Waals surface area contributed by atoms with Gasteiger partial charge in [-0.1, -0.05) is 6.07 Å². The summed E-state index contributed by atoms with van der Waals surface area (Å²) in [6, 6.07) is 4.70. The number of hydrogen-bond donors (Lipinski definition) is 2. The van der Waals surface area contributed by atoms with E-state index in [1.54, 1.807) is 0 Å². The topological polar surface area (TPSA) is 46.2 Å². The molecule has 1 aromatic rings. The molecule has 2 aliphatic rings. The Morgan fingerprint density at radius 1 is 1.41 bits per heavy atom. The minimum absolute atomic E-state index is 0.402. The Morgan fingerprint density at radius 3 is 3.29 bits per heavy atom. The maximum Gasteiger partial charge on any atom is 0.126 e. The molecule has 0 saturated carbocycles. The van der Waals surface area contributed by atoms with E-state index in [1.165, 1.54) is 24.1 Å². The van der Waals surface area contributed by atoms with Crippen molar-refractivity contribution in [1.82, 2.24) is 10.3 Å². The molecule has 0 aromatic carbocycles. The van der Waals surface area contributed by atoms with Gasteiger partial charge in [-0.15, -0.1) is 0 Å². The molecule has 0 bridgehead atoms. The van der Waals surface area contributed by atoms with E-state index in [1.807, 2.05) is 0 Å². The van der Waals surface area contributed by atoms with Crippen molar-refractivity contribution in [1.29, 1.82) is 0 Å². The zero-order chi connectivity index (χ0) is 11.5. The van der Waals surface area contributed by atoms with E-state index in [0.717, 1.165) is 38.5 Å². The van der Waals surface area contributed by atoms with Gasteiger partial charge in [-0.25, -0.2) is 4.98 Å². The Hall–Kier alpha value is -1.13. The lowest BCUT2D eigenvalue weighted by Gasteiger charge is -2.24. The molecule has 0 spiro atoms. The number of nitrogens with one attached hydrogen (secondary N) is 2. The summed E-state index contributed by atoms with van der Waals surface area (Å²) in [5.41, 5.74) is 2.71. The fraction of sp³-hybridized carbons (Fsp3) is 0.615. The number of aromatic nitrogens is 1. The zero-order valence-corrected chi connectivity index (χ0v) is 10.0. The second-order valence-corrected chi connectivity index (χ2v) is 4.76. The van der Waals surface area contributed by atoms with Gasteiger partial charge in [-0.05, 0) is 30.9 Å². The lowest BCUT2D eigenvalue weighted by atomic mass is 10.2. The molecule has 1 atom stereocenters. The van der Waals surface area contributed by atoms with E-state index in [-0.39, 0.29) is 0 Å². The highest BCUT2D eigenvalue weighted by molar-refractivity contribution is 5.40. The molecule has 17 heavy (non-hydrogen) atoms. The molecule has 4 nitrogen and oxygen atoms in total. The number of hydrogen-bond acceptors (Lipinski definition) is 4. The molecule has 1 aliphatic heterocycles. The van der Waals surface area contributed by atoms with E-state index in [2.05, 4.69) is 27.8 Å². The molecule has 1 aliphatic carbocycles. The fourth-order valence-corrected chi connectivity index (χ4v) is 2.50. The van der Waals surface area contributed by atoms with Crippen LogP contribution in [0, 0.1) is 0 Å². The number of aryl methyl sites for hydroxylation is 2. The van der Waals surface area contributed by atoms with Crippen LogP contribution >= 0.6 is 0 Å². The molecule has 1 fully saturated rings. The van der Waals surface area contributed by atoms with Crippen LogP contribution in [0.15, 0.2) is 12.1 Å². The molecule has 92 valence electrons. The minimum atomic E-state index is 0.402. The second kappa shape index (κ2) is 5.02. The Kier molecular flexibility index (Phi) is 3.25. The van der Waals surface area contributed by atoms with Crippen LogP contribution < -0.4 is 10.6 Å². The van der Waals surface area contributed by atoms with Gasteiger partial charge >= 0.3 is 0 Å². The number of rotatable bonds is 3. The van der Waals surface area contributed by atoms with Crippen molar-refractivity contribution in [3.8, 4) is 0 Å². The molecule has 4 heteroatoms. The summed E-state index contributed by atoms with van der Waals surface area (Å²) in [5, 5.41) is 6.82. The Balaban J connectivity index is 1.57. The van der Waals surface area contributed by atoms with Crippen molar-refractivity contribution < 1.29 is 4.74 Å². The second-order valence-electron chi connectivity index (χ2n) is 4.76. The average molecular weight is 233 g/mol. The Bertz CT molecular complexity index is 388. The van der Waals surface area contributed by atoms with E-state index < -0.39 is 0 Å². The average Bonchev–Trinajstić information content (AvgIpc) is 2.85. The molecule has 1 saturated heterocycles. The van der Waals surface area contributed by atoms with Gasteiger partial charge in [0, 0.05) is 24.8 Å². The summed E-state index contributed by atoms with van der Waals surface area (Å²) >= 11 is 0. The maximum absolute atomic E-state index is 5.42. The minimum Gasteiger partial charge on any atom is -0.378 e. The predicted octanol–water partition coefficient (Wildman–Crippen LogP) is 0.971. The highest BCUT2D eigenvalue weighted by Gasteiger charge is 2.14. The van der Waals surface area contributed by atoms with Crippen LogP contribution in [0.4, 0.5) is 5.82 Å². The van der Waals surface area contributed by atoms with Crippen LogP contribution in [0.5, 0.6) is 0 Å². The quantitative estimate of drug-likeness (QED) is 0.816. The first-order valence-electron chi connectivity index (χ1n) is 6.45. The number of ether oxygens (including phenoxy) is 1. The lowest BCUT2D eigenvalue weighted by Crippen LogP contribution is -2.45. The van der Waals surface area contributed by atoms with Gasteiger partial charge in [0.05, 0.1) is 13.2 Å². The first-order chi connectivity index (χ1) is 8.42. The van der Waals surface area contributed by atoms with Crippen molar-refractivity contribution in [3.63, 3.8) is 0 Å². The van der Waals surface area contributed by atoms with Gasteiger partial charge in [-0.3, -0.25) is 0 Å². The van der Waals surface area contributed by atoms with Crippen LogP contribution in [-0.4, -0.2) is 37.3 Å². The maximum atomic E-state index is 5.42. The Morgan fingerprint density at radius 2 is 2.41 bits per heavy atom. The molecule has 0 radical (unpaired) electrons. The van der Waals surface area contributed by atoms with Crippen molar-refractivity contribution in [2.75, 3.05) is 31.6 Å². The third-order valence-corrected chi connectivity index (χ3v) is 3.46. The SMILES string of the molecule is c1cc2c(nc1NCC1COCCN1)CCC2. The first-order valence-corrected chi connectivity index (χ1v) is 6.45. The summed E-state index contributed by atoms with van der Waals surface area (Å²) in [6.07, 6.45) is 3.58. The standard InChI is InChI=1S/C13H19N3O/c1-2-10-4-5-13(16-12(10)3-1)15-8-11-9-17-7-6-14-11/h4-5,11,14H,1-3,6-9H2,(H,15,16). The summed E-state index contributed by atoms with van der Waals surface area (Å²) in [6.45, 7) is 3.45. The number of fused-ring (bicyclic) bond motifs is 1. The highest BCUT2D eigenvalue weighted by atomic mass is 16.5. The fourth-order valence-electron chi connectivity index (χ4n) is 2.50. The smallest absolute Gasteiger partial charge is 0.126 e. The summed E-state index contributed by atoms with van der Waals surface area (Å²) in [5.74, 6) is 0.998. The van der Waals surface area contributed by atoms with Gasteiger partial charge in [0.15, 0.2) is 0 Å². The first kappa shape index (κ1) is 11.0. The monoisotopic (exact) mass is 233 g/mol. The van der Waals surface area contributed by atoms with E-state index in [0.29, 0.717) is 6.04 Å². The molecule has 1 aromatic heterocycles. The molecular formula is C13H19N3O. The molecule has 0 amide bonds. The summed E-state index contributed by atoms with van der Waals surface area (Å²) in [7, 11) is 0. The van der Waals surface area contributed by atoms with Crippen LogP contribution in [0.1, 0.15) is 17.7 Å². The Labute approximate surface area is 102 Å². The van der Waals surface area contributed by atoms with Gasteiger partial charge in [0.25, 0.3) is 0 Å². The van der Waals surface area contributed by atoms with Crippen LogP contribution in [-0.2, 0) is 17.6 Å². The largest absolute Gasteiger partial charge is 0.378 e. The van der Waals surface area contributed by atoms with Gasteiger partial charge in [0.1, 0.15) is 5.82 Å². The molecular weight excluding hydrogens is 214 g/mol. The van der Waals surface area contributed by atoms with Gasteiger partial charge in [-0.2, -0.15) is 0 Å². The van der Waals surface area contributed by atoms with Crippen molar-refractivity contribution >= 4 is 5.82 Å². The number of morpholine rings is 1. The molecule has 2 N–H and O–H groups in total. The van der Waals surface area contributed by atoms with Crippen molar-refractivity contribution in [2.24, 2.45) is 0 Å². The van der Waals surface area contributed by atoms with Crippen molar-refractivity contribution in [2.45, 2.75) is 25.3 Å². The third-order valence-electron chi connectivity index (χ3n) is 3.46. The van der Waals surface area contributed by atoms with Gasteiger partial charge < -0.3 is 15.4 Å². The number of anilines is 1. The molecule has 1 unspecified atom stereocenters. The summed E-state index contributed by atoms with van der Waals surface area (Å²) in [4.78, 5) is 4.66. The normalized spacial score (nSPS) is 23.4.